The molecule has 0 radical (unpaired) electrons. The number of hydrogen-bond acceptors (Lipinski definition) is 5. The van der Waals surface area contributed by atoms with E-state index in [2.05, 4.69) is 0 Å². The van der Waals surface area contributed by atoms with Crippen molar-refractivity contribution >= 4 is 29.4 Å². The summed E-state index contributed by atoms with van der Waals surface area (Å²) in [4.78, 5) is 39.6. The first-order valence-electron chi connectivity index (χ1n) is 9.41. The molecule has 2 amide bonds. The zero-order chi connectivity index (χ0) is 20.5. The van der Waals surface area contributed by atoms with E-state index < -0.39 is 0 Å². The Morgan fingerprint density at radius 1 is 1.29 bits per heavy atom. The first-order chi connectivity index (χ1) is 13.4. The lowest BCUT2D eigenvalue weighted by Crippen LogP contribution is -2.47. The molecule has 1 aromatic carbocycles. The smallest absolute Gasteiger partial charge is 0.310 e. The minimum absolute atomic E-state index is 0.0518. The molecule has 1 aliphatic heterocycles. The third-order valence-electron chi connectivity index (χ3n) is 4.63. The molecule has 0 bridgehead atoms. The Morgan fingerprint density at radius 2 is 2.04 bits per heavy atom. The molecule has 1 heterocycles. The molecule has 0 aliphatic carbocycles. The number of carbonyl (C=O) groups excluding carboxylic acids is 3. The van der Waals surface area contributed by atoms with Crippen molar-refractivity contribution in [2.75, 3.05) is 39.9 Å². The fraction of sp³-hybridized carbons (Fsp3) is 0.550. The van der Waals surface area contributed by atoms with Gasteiger partial charge in [-0.15, -0.1) is 0 Å². The number of likely N-dealkylation sites (N-methyl/N-ethyl adjacent to an activating group) is 1. The molecule has 1 saturated heterocycles. The van der Waals surface area contributed by atoms with E-state index in [4.69, 9.17) is 21.1 Å². The summed E-state index contributed by atoms with van der Waals surface area (Å²) in [5, 5.41) is 0.583. The van der Waals surface area contributed by atoms with Crippen molar-refractivity contribution in [3.05, 3.63) is 34.9 Å². The van der Waals surface area contributed by atoms with Crippen LogP contribution < -0.4 is 0 Å². The van der Waals surface area contributed by atoms with Crippen LogP contribution in [0, 0.1) is 5.92 Å². The Hall–Kier alpha value is -2.12. The van der Waals surface area contributed by atoms with E-state index in [0.717, 1.165) is 12.0 Å². The lowest BCUT2D eigenvalue weighted by atomic mass is 9.98. The number of hydrogen-bond donors (Lipinski definition) is 0. The predicted octanol–water partition coefficient (Wildman–Crippen LogP) is 2.12. The van der Waals surface area contributed by atoms with Crippen molar-refractivity contribution in [3.63, 3.8) is 0 Å². The largest absolute Gasteiger partial charge is 0.466 e. The second kappa shape index (κ2) is 11.0. The van der Waals surface area contributed by atoms with Crippen LogP contribution in [0.1, 0.15) is 25.3 Å². The van der Waals surface area contributed by atoms with E-state index >= 15 is 0 Å². The summed E-state index contributed by atoms with van der Waals surface area (Å²) in [5.41, 5.74) is 0.800. The number of carbonyl (C=O) groups is 3. The van der Waals surface area contributed by atoms with Gasteiger partial charge in [-0.05, 0) is 31.4 Å². The first-order valence-corrected chi connectivity index (χ1v) is 9.79. The van der Waals surface area contributed by atoms with E-state index in [1.807, 2.05) is 18.2 Å². The summed E-state index contributed by atoms with van der Waals surface area (Å²) in [7, 11) is 1.56. The topological polar surface area (TPSA) is 76.2 Å². The lowest BCUT2D eigenvalue weighted by Gasteiger charge is -2.32. The molecule has 154 valence electrons. The molecule has 1 unspecified atom stereocenters. The van der Waals surface area contributed by atoms with Gasteiger partial charge in [0.05, 0.1) is 25.7 Å². The minimum Gasteiger partial charge on any atom is -0.466 e. The van der Waals surface area contributed by atoms with Crippen molar-refractivity contribution in [3.8, 4) is 0 Å². The van der Waals surface area contributed by atoms with Crippen LogP contribution in [0.3, 0.4) is 0 Å². The van der Waals surface area contributed by atoms with Gasteiger partial charge in [-0.3, -0.25) is 14.4 Å². The third-order valence-corrected chi connectivity index (χ3v) is 5.00. The maximum atomic E-state index is 12.5. The number of amides is 2. The molecule has 1 aliphatic rings. The summed E-state index contributed by atoms with van der Waals surface area (Å²) >= 11 is 6.05. The molecule has 7 nitrogen and oxygen atoms in total. The molecule has 0 saturated carbocycles. The van der Waals surface area contributed by atoms with E-state index in [9.17, 15) is 14.4 Å². The molecular formula is C20H27ClN2O5. The number of ether oxygens (including phenoxy) is 2. The Labute approximate surface area is 170 Å². The average Bonchev–Trinajstić information content (AvgIpc) is 2.69. The van der Waals surface area contributed by atoms with Crippen LogP contribution in [0.2, 0.25) is 5.02 Å². The summed E-state index contributed by atoms with van der Waals surface area (Å²) in [6.07, 6.45) is 1.46. The van der Waals surface area contributed by atoms with Gasteiger partial charge in [0.2, 0.25) is 11.8 Å². The second-order valence-electron chi connectivity index (χ2n) is 6.76. The van der Waals surface area contributed by atoms with E-state index in [0.29, 0.717) is 31.1 Å². The number of likely N-dealkylation sites (tertiary alicyclic amines) is 1. The number of piperidine rings is 1. The van der Waals surface area contributed by atoms with Gasteiger partial charge in [0.15, 0.2) is 0 Å². The fourth-order valence-corrected chi connectivity index (χ4v) is 3.21. The van der Waals surface area contributed by atoms with Gasteiger partial charge >= 0.3 is 5.97 Å². The van der Waals surface area contributed by atoms with Gasteiger partial charge < -0.3 is 19.3 Å². The number of benzene rings is 1. The molecule has 0 spiro atoms. The van der Waals surface area contributed by atoms with Crippen LogP contribution in [0.15, 0.2) is 24.3 Å². The minimum atomic E-state index is -0.294. The summed E-state index contributed by atoms with van der Waals surface area (Å²) in [6, 6.07) is 7.26. The first kappa shape index (κ1) is 22.2. The lowest BCUT2D eigenvalue weighted by molar-refractivity contribution is -0.152. The standard InChI is InChI=1S/C20H27ClN2O5/c1-3-28-20(26)15-8-6-10-23(11-15)18(24)12-22(2)19(25)14-27-13-16-7-4-5-9-17(16)21/h4-5,7,9,15H,3,6,8,10-14H2,1-2H3. The highest BCUT2D eigenvalue weighted by atomic mass is 35.5. The Kier molecular flexibility index (Phi) is 8.73. The van der Waals surface area contributed by atoms with Crippen LogP contribution in [0.5, 0.6) is 0 Å². The number of esters is 1. The molecule has 2 rings (SSSR count). The van der Waals surface area contributed by atoms with Gasteiger partial charge in [0.25, 0.3) is 0 Å². The van der Waals surface area contributed by atoms with Gasteiger partial charge in [0, 0.05) is 25.2 Å². The average molecular weight is 411 g/mol. The molecule has 28 heavy (non-hydrogen) atoms. The normalized spacial score (nSPS) is 16.5. The third kappa shape index (κ3) is 6.49. The maximum absolute atomic E-state index is 12.5. The zero-order valence-electron chi connectivity index (χ0n) is 16.4. The van der Waals surface area contributed by atoms with Crippen LogP contribution in [0.4, 0.5) is 0 Å². The zero-order valence-corrected chi connectivity index (χ0v) is 17.1. The summed E-state index contributed by atoms with van der Waals surface area (Å²) < 4.78 is 10.5. The highest BCUT2D eigenvalue weighted by Gasteiger charge is 2.30. The fourth-order valence-electron chi connectivity index (χ4n) is 3.02. The number of rotatable bonds is 8. The number of nitrogens with zero attached hydrogens (tertiary/aromatic N) is 2. The van der Waals surface area contributed by atoms with E-state index in [1.54, 1.807) is 24.9 Å². The number of halogens is 1. The van der Waals surface area contributed by atoms with Crippen LogP contribution in [0.25, 0.3) is 0 Å². The Morgan fingerprint density at radius 3 is 2.75 bits per heavy atom. The Balaban J connectivity index is 1.77. The second-order valence-corrected chi connectivity index (χ2v) is 7.17. The van der Waals surface area contributed by atoms with Gasteiger partial charge in [-0.1, -0.05) is 29.8 Å². The summed E-state index contributed by atoms with van der Waals surface area (Å²) in [5.74, 6) is -1.04. The van der Waals surface area contributed by atoms with Crippen LogP contribution >= 0.6 is 11.6 Å². The van der Waals surface area contributed by atoms with Crippen LogP contribution in [-0.4, -0.2) is 67.5 Å². The molecule has 1 fully saturated rings. The van der Waals surface area contributed by atoms with Gasteiger partial charge in [-0.2, -0.15) is 0 Å². The molecular weight excluding hydrogens is 384 g/mol. The molecule has 1 aromatic rings. The highest BCUT2D eigenvalue weighted by Crippen LogP contribution is 2.18. The summed E-state index contributed by atoms with van der Waals surface area (Å²) in [6.45, 7) is 3.04. The molecule has 8 heteroatoms. The van der Waals surface area contributed by atoms with Crippen molar-refractivity contribution in [1.82, 2.24) is 9.80 Å². The van der Waals surface area contributed by atoms with Crippen molar-refractivity contribution in [2.45, 2.75) is 26.4 Å². The SMILES string of the molecule is CCOC(=O)C1CCCN(C(=O)CN(C)C(=O)COCc2ccccc2Cl)C1. The van der Waals surface area contributed by atoms with Crippen molar-refractivity contribution < 1.29 is 23.9 Å². The monoisotopic (exact) mass is 410 g/mol. The van der Waals surface area contributed by atoms with Gasteiger partial charge in [0.1, 0.15) is 6.61 Å². The van der Waals surface area contributed by atoms with Crippen molar-refractivity contribution in [1.29, 1.82) is 0 Å². The predicted molar refractivity (Wildman–Crippen MR) is 105 cm³/mol. The quantitative estimate of drug-likeness (QED) is 0.613. The van der Waals surface area contributed by atoms with Crippen LogP contribution in [-0.2, 0) is 30.5 Å². The maximum Gasteiger partial charge on any atom is 0.310 e. The molecule has 0 aromatic heterocycles. The van der Waals surface area contributed by atoms with Gasteiger partial charge in [-0.25, -0.2) is 0 Å². The highest BCUT2D eigenvalue weighted by molar-refractivity contribution is 6.31. The molecule has 0 N–H and O–H groups in total. The van der Waals surface area contributed by atoms with Crippen molar-refractivity contribution in [2.24, 2.45) is 5.92 Å². The Bertz CT molecular complexity index is 697. The molecule has 1 atom stereocenters. The van der Waals surface area contributed by atoms with E-state index in [-0.39, 0.29) is 43.5 Å². The van der Waals surface area contributed by atoms with E-state index in [1.165, 1.54) is 4.90 Å².